The van der Waals surface area contributed by atoms with Crippen molar-refractivity contribution in [3.8, 4) is 0 Å². The third kappa shape index (κ3) is 570. The van der Waals surface area contributed by atoms with Crippen molar-refractivity contribution >= 4 is 233 Å². The summed E-state index contributed by atoms with van der Waals surface area (Å²) in [6.45, 7) is 8.55. The number of carbonyl (C=O) groups is 5. The SMILES string of the molecule is CC(=O)O.CC(=O)O.CC(=O)O.CC(=O)O.CC(=O)O.NCCNCCN.[BaH2].[KH].[KH].[KH]. The van der Waals surface area contributed by atoms with E-state index >= 15 is 0 Å². The molecular formula is C14H38BaK3N3O10. The summed E-state index contributed by atoms with van der Waals surface area (Å²) in [4.78, 5) is 45.0. The van der Waals surface area contributed by atoms with Crippen LogP contribution in [-0.4, -0.2) is 285 Å². The molecule has 10 N–H and O–H groups in total. The Morgan fingerprint density at radius 3 is 0.710 bits per heavy atom. The first kappa shape index (κ1) is 64.6. The van der Waals surface area contributed by atoms with Crippen LogP contribution in [0.25, 0.3) is 0 Å². The number of nitrogens with one attached hydrogen (secondary N) is 1. The molecule has 0 saturated heterocycles. The summed E-state index contributed by atoms with van der Waals surface area (Å²) >= 11 is 0. The molecular weight excluding hydrogens is 625 g/mol. The van der Waals surface area contributed by atoms with Crippen molar-refractivity contribution in [1.82, 2.24) is 5.32 Å². The Morgan fingerprint density at radius 2 is 0.645 bits per heavy atom. The van der Waals surface area contributed by atoms with Crippen LogP contribution in [0.4, 0.5) is 0 Å². The second-order valence-electron chi connectivity index (χ2n) is 3.92. The summed E-state index contributed by atoms with van der Waals surface area (Å²) in [7, 11) is 0. The number of hydrogen-bond acceptors (Lipinski definition) is 8. The van der Waals surface area contributed by atoms with Crippen LogP contribution in [0.1, 0.15) is 34.6 Å². The molecule has 0 radical (unpaired) electrons. The van der Waals surface area contributed by atoms with E-state index in [1.165, 1.54) is 0 Å². The Balaban J connectivity index is -0.0000000211. The molecule has 31 heavy (non-hydrogen) atoms. The van der Waals surface area contributed by atoms with E-state index in [1.54, 1.807) is 0 Å². The quantitative estimate of drug-likeness (QED) is 0.106. The fourth-order valence-corrected chi connectivity index (χ4v) is 0.329. The molecule has 0 fully saturated rings. The van der Waals surface area contributed by atoms with Gasteiger partial charge in [-0.05, 0) is 0 Å². The second kappa shape index (κ2) is 64.2. The number of aliphatic carboxylic acids is 5. The number of nitrogens with two attached hydrogens (primary N) is 2. The summed E-state index contributed by atoms with van der Waals surface area (Å²) in [6, 6.07) is 0. The first-order valence-electron chi connectivity index (χ1n) is 7.16. The van der Waals surface area contributed by atoms with Crippen molar-refractivity contribution in [2.24, 2.45) is 11.5 Å². The third-order valence-electron chi connectivity index (χ3n) is 0.642. The summed E-state index contributed by atoms with van der Waals surface area (Å²) in [5, 5.41) is 40.1. The standard InChI is InChI=1S/C4H13N3.5C2H4O2.Ba.3K.5H/c5-1-3-7-4-2-6;5*1-2(3)4;;;;;;;;;/h7H,1-6H2;5*1H3,(H,3,4);;;;;;;;;. The van der Waals surface area contributed by atoms with Crippen LogP contribution < -0.4 is 16.8 Å². The molecule has 0 unspecified atom stereocenters. The van der Waals surface area contributed by atoms with Gasteiger partial charge in [0.15, 0.2) is 0 Å². The number of carboxylic acid groups (broad SMARTS) is 5. The molecule has 0 aromatic heterocycles. The van der Waals surface area contributed by atoms with Gasteiger partial charge in [0.1, 0.15) is 0 Å². The van der Waals surface area contributed by atoms with E-state index < -0.39 is 29.8 Å². The van der Waals surface area contributed by atoms with Gasteiger partial charge >= 0.3 is 203 Å². The first-order valence-corrected chi connectivity index (χ1v) is 7.16. The predicted octanol–water partition coefficient (Wildman–Crippen LogP) is -3.91. The fraction of sp³-hybridized carbons (Fsp3) is 0.643. The zero-order valence-corrected chi connectivity index (χ0v) is 16.3. The van der Waals surface area contributed by atoms with E-state index in [0.29, 0.717) is 13.1 Å². The van der Waals surface area contributed by atoms with Crippen LogP contribution in [-0.2, 0) is 24.0 Å². The molecule has 0 aromatic rings. The zero-order chi connectivity index (χ0) is 23.4. The monoisotopic (exact) mass is 663 g/mol. The fourth-order valence-electron chi connectivity index (χ4n) is 0.329. The third-order valence-corrected chi connectivity index (χ3v) is 0.642. The van der Waals surface area contributed by atoms with Gasteiger partial charge in [-0.15, -0.1) is 0 Å². The molecule has 0 aliphatic heterocycles. The van der Waals surface area contributed by atoms with Gasteiger partial charge in [0.25, 0.3) is 29.8 Å². The topological polar surface area (TPSA) is 251 Å². The van der Waals surface area contributed by atoms with Crippen LogP contribution >= 0.6 is 0 Å². The van der Waals surface area contributed by atoms with Gasteiger partial charge in [0, 0.05) is 60.8 Å². The summed E-state index contributed by atoms with van der Waals surface area (Å²) < 4.78 is 0. The molecule has 174 valence electrons. The Labute approximate surface area is 351 Å². The molecule has 0 saturated carbocycles. The molecule has 0 heterocycles. The summed E-state index contributed by atoms with van der Waals surface area (Å²) in [6.07, 6.45) is 0. The average Bonchev–Trinajstić information content (AvgIpc) is 2.35. The van der Waals surface area contributed by atoms with Gasteiger partial charge in [-0.1, -0.05) is 0 Å². The van der Waals surface area contributed by atoms with Crippen LogP contribution in [0.3, 0.4) is 0 Å². The average molecular weight is 663 g/mol. The van der Waals surface area contributed by atoms with E-state index in [0.717, 1.165) is 47.7 Å². The molecule has 0 atom stereocenters. The van der Waals surface area contributed by atoms with Gasteiger partial charge in [0.2, 0.25) is 0 Å². The van der Waals surface area contributed by atoms with Crippen molar-refractivity contribution in [1.29, 1.82) is 0 Å². The molecule has 0 aliphatic carbocycles. The van der Waals surface area contributed by atoms with Crippen molar-refractivity contribution in [2.75, 3.05) is 26.2 Å². The van der Waals surface area contributed by atoms with E-state index in [2.05, 4.69) is 5.32 Å². The van der Waals surface area contributed by atoms with Crippen molar-refractivity contribution in [2.45, 2.75) is 34.6 Å². The maximum absolute atomic E-state index is 9.00. The molecule has 0 bridgehead atoms. The number of carboxylic acids is 5. The molecule has 0 aliphatic rings. The summed E-state index contributed by atoms with van der Waals surface area (Å²) in [5.41, 5.74) is 10.3. The van der Waals surface area contributed by atoms with Gasteiger partial charge < -0.3 is 42.3 Å². The Bertz CT molecular complexity index is 303. The molecule has 0 rings (SSSR count). The molecule has 0 spiro atoms. The normalized spacial score (nSPS) is 6.16. The molecule has 17 heteroatoms. The number of rotatable bonds is 4. The zero-order valence-electron chi connectivity index (χ0n) is 16.3. The molecule has 0 aromatic carbocycles. The Hall–Kier alpha value is 3.71. The van der Waals surface area contributed by atoms with Crippen LogP contribution in [0, 0.1) is 0 Å². The minimum absolute atomic E-state index is 0. The van der Waals surface area contributed by atoms with Crippen molar-refractivity contribution in [3.63, 3.8) is 0 Å². The van der Waals surface area contributed by atoms with Gasteiger partial charge in [-0.25, -0.2) is 0 Å². The van der Waals surface area contributed by atoms with Crippen molar-refractivity contribution < 1.29 is 49.5 Å². The Kier molecular flexibility index (Phi) is 134. The van der Waals surface area contributed by atoms with E-state index in [-0.39, 0.29) is 203 Å². The first-order chi connectivity index (χ1) is 12.1. The minimum atomic E-state index is -0.833. The van der Waals surface area contributed by atoms with Gasteiger partial charge in [-0.3, -0.25) is 24.0 Å². The van der Waals surface area contributed by atoms with E-state index in [1.807, 2.05) is 0 Å². The maximum atomic E-state index is 9.00. The number of hydrogen-bond donors (Lipinski definition) is 8. The van der Waals surface area contributed by atoms with Crippen molar-refractivity contribution in [3.05, 3.63) is 0 Å². The molecule has 13 nitrogen and oxygen atoms in total. The Morgan fingerprint density at radius 1 is 0.548 bits per heavy atom. The van der Waals surface area contributed by atoms with Crippen LogP contribution in [0.15, 0.2) is 0 Å². The predicted molar refractivity (Wildman–Crippen MR) is 128 cm³/mol. The van der Waals surface area contributed by atoms with E-state index in [9.17, 15) is 0 Å². The summed E-state index contributed by atoms with van der Waals surface area (Å²) in [5.74, 6) is -4.17. The van der Waals surface area contributed by atoms with Gasteiger partial charge in [0.05, 0.1) is 0 Å². The second-order valence-corrected chi connectivity index (χ2v) is 3.92. The van der Waals surface area contributed by atoms with Crippen LogP contribution in [0.2, 0.25) is 0 Å². The van der Waals surface area contributed by atoms with E-state index in [4.69, 9.17) is 61.0 Å². The van der Waals surface area contributed by atoms with Gasteiger partial charge in [-0.2, -0.15) is 0 Å². The van der Waals surface area contributed by atoms with Crippen LogP contribution in [0.5, 0.6) is 0 Å². The molecule has 0 amide bonds.